The molecule has 1 aliphatic heterocycles. The standard InChI is InChI=1S/C17H23N7O3/c1-21-13(12-14(25)22(2)17(21)27)15(26)18-6-7-23-8-10-24(11-9-23)16-19-4-3-5-20-16/h3-5,12H,6-11H2,1-2H3,(H,18,26). The molecule has 0 spiro atoms. The molecule has 2 aromatic rings. The van der Waals surface area contributed by atoms with Gasteiger partial charge in [0.1, 0.15) is 5.69 Å². The van der Waals surface area contributed by atoms with Crippen molar-refractivity contribution in [3.63, 3.8) is 0 Å². The van der Waals surface area contributed by atoms with Crippen LogP contribution in [0.25, 0.3) is 0 Å². The van der Waals surface area contributed by atoms with Gasteiger partial charge in [0.25, 0.3) is 11.5 Å². The maximum Gasteiger partial charge on any atom is 0.331 e. The lowest BCUT2D eigenvalue weighted by Gasteiger charge is -2.34. The summed E-state index contributed by atoms with van der Waals surface area (Å²) in [5, 5.41) is 2.78. The predicted octanol–water partition coefficient (Wildman–Crippen LogP) is -1.57. The molecule has 0 aromatic carbocycles. The zero-order chi connectivity index (χ0) is 19.4. The summed E-state index contributed by atoms with van der Waals surface area (Å²) in [6.45, 7) is 4.46. The van der Waals surface area contributed by atoms with Gasteiger partial charge in [-0.2, -0.15) is 0 Å². The molecule has 144 valence electrons. The van der Waals surface area contributed by atoms with Crippen LogP contribution in [0.4, 0.5) is 5.95 Å². The summed E-state index contributed by atoms with van der Waals surface area (Å²) in [4.78, 5) is 48.8. The van der Waals surface area contributed by atoms with E-state index in [4.69, 9.17) is 0 Å². The zero-order valence-electron chi connectivity index (χ0n) is 15.5. The molecule has 2 aromatic heterocycles. The number of rotatable bonds is 5. The van der Waals surface area contributed by atoms with Crippen molar-refractivity contribution in [1.82, 2.24) is 29.3 Å². The predicted molar refractivity (Wildman–Crippen MR) is 99.9 cm³/mol. The molecule has 1 aliphatic rings. The lowest BCUT2D eigenvalue weighted by Crippen LogP contribution is -2.49. The molecule has 0 radical (unpaired) electrons. The van der Waals surface area contributed by atoms with E-state index in [1.165, 1.54) is 24.7 Å². The number of aromatic nitrogens is 4. The highest BCUT2D eigenvalue weighted by Gasteiger charge is 2.19. The highest BCUT2D eigenvalue weighted by molar-refractivity contribution is 5.92. The van der Waals surface area contributed by atoms with E-state index in [2.05, 4.69) is 25.1 Å². The van der Waals surface area contributed by atoms with Gasteiger partial charge in [-0.1, -0.05) is 0 Å². The maximum atomic E-state index is 12.3. The van der Waals surface area contributed by atoms with Crippen LogP contribution in [0.2, 0.25) is 0 Å². The van der Waals surface area contributed by atoms with Crippen molar-refractivity contribution in [1.29, 1.82) is 0 Å². The molecule has 3 rings (SSSR count). The van der Waals surface area contributed by atoms with Gasteiger partial charge in [0.05, 0.1) is 0 Å². The number of nitrogens with zero attached hydrogens (tertiary/aromatic N) is 6. The number of hydrogen-bond acceptors (Lipinski definition) is 7. The van der Waals surface area contributed by atoms with E-state index in [-0.39, 0.29) is 5.69 Å². The average Bonchev–Trinajstić information content (AvgIpc) is 2.70. The summed E-state index contributed by atoms with van der Waals surface area (Å²) in [5.74, 6) is 0.306. The third kappa shape index (κ3) is 4.22. The third-order valence-corrected chi connectivity index (χ3v) is 4.68. The smallest absolute Gasteiger partial charge is 0.331 e. The Hall–Kier alpha value is -3.01. The van der Waals surface area contributed by atoms with Crippen LogP contribution in [0.5, 0.6) is 0 Å². The van der Waals surface area contributed by atoms with Crippen LogP contribution in [0.3, 0.4) is 0 Å². The summed E-state index contributed by atoms with van der Waals surface area (Å²) in [7, 11) is 2.86. The molecular formula is C17H23N7O3. The van der Waals surface area contributed by atoms with Crippen molar-refractivity contribution >= 4 is 11.9 Å². The third-order valence-electron chi connectivity index (χ3n) is 4.68. The number of anilines is 1. The van der Waals surface area contributed by atoms with Crippen LogP contribution < -0.4 is 21.5 Å². The molecule has 27 heavy (non-hydrogen) atoms. The van der Waals surface area contributed by atoms with Crippen LogP contribution >= 0.6 is 0 Å². The van der Waals surface area contributed by atoms with Gasteiger partial charge in [-0.05, 0) is 6.07 Å². The number of carbonyl (C=O) groups is 1. The minimum Gasteiger partial charge on any atom is -0.349 e. The normalized spacial score (nSPS) is 15.0. The fraction of sp³-hybridized carbons (Fsp3) is 0.471. The molecule has 0 aliphatic carbocycles. The van der Waals surface area contributed by atoms with Crippen molar-refractivity contribution in [2.24, 2.45) is 14.1 Å². The Bertz CT molecular complexity index is 914. The van der Waals surface area contributed by atoms with Crippen LogP contribution in [-0.4, -0.2) is 69.2 Å². The average molecular weight is 373 g/mol. The van der Waals surface area contributed by atoms with Gasteiger partial charge in [0.15, 0.2) is 0 Å². The van der Waals surface area contributed by atoms with Crippen LogP contribution in [0, 0.1) is 0 Å². The molecule has 10 nitrogen and oxygen atoms in total. The number of nitrogens with one attached hydrogen (secondary N) is 1. The van der Waals surface area contributed by atoms with E-state index in [9.17, 15) is 14.4 Å². The van der Waals surface area contributed by atoms with Gasteiger partial charge in [-0.15, -0.1) is 0 Å². The first-order chi connectivity index (χ1) is 13.0. The lowest BCUT2D eigenvalue weighted by atomic mass is 10.3. The Labute approximate surface area is 156 Å². The highest BCUT2D eigenvalue weighted by Crippen LogP contribution is 2.09. The van der Waals surface area contributed by atoms with Gasteiger partial charge in [0.2, 0.25) is 5.95 Å². The van der Waals surface area contributed by atoms with Crippen molar-refractivity contribution in [2.45, 2.75) is 0 Å². The fourth-order valence-electron chi connectivity index (χ4n) is 2.99. The van der Waals surface area contributed by atoms with Crippen LogP contribution in [-0.2, 0) is 14.1 Å². The van der Waals surface area contributed by atoms with E-state index in [0.29, 0.717) is 13.1 Å². The molecule has 1 N–H and O–H groups in total. The summed E-state index contributed by atoms with van der Waals surface area (Å²) in [5.41, 5.74) is -0.955. The second-order valence-corrected chi connectivity index (χ2v) is 6.40. The molecule has 0 atom stereocenters. The Kier molecular flexibility index (Phi) is 5.65. The number of carbonyl (C=O) groups excluding carboxylic acids is 1. The van der Waals surface area contributed by atoms with Crippen LogP contribution in [0.1, 0.15) is 10.5 Å². The molecule has 0 unspecified atom stereocenters. The molecule has 1 fully saturated rings. The van der Waals surface area contributed by atoms with Crippen molar-refractivity contribution in [3.8, 4) is 0 Å². The lowest BCUT2D eigenvalue weighted by molar-refractivity contribution is 0.0937. The first-order valence-corrected chi connectivity index (χ1v) is 8.77. The molecule has 1 saturated heterocycles. The van der Waals surface area contributed by atoms with Gasteiger partial charge < -0.3 is 10.2 Å². The van der Waals surface area contributed by atoms with E-state index in [1.807, 2.05) is 0 Å². The summed E-state index contributed by atoms with van der Waals surface area (Å²) < 4.78 is 2.14. The second kappa shape index (κ2) is 8.12. The Morgan fingerprint density at radius 2 is 1.74 bits per heavy atom. The maximum absolute atomic E-state index is 12.3. The molecule has 0 bridgehead atoms. The summed E-state index contributed by atoms with van der Waals surface area (Å²) in [6.07, 6.45) is 3.46. The van der Waals surface area contributed by atoms with Crippen molar-refractivity contribution in [3.05, 3.63) is 51.1 Å². The second-order valence-electron chi connectivity index (χ2n) is 6.40. The van der Waals surface area contributed by atoms with E-state index < -0.39 is 17.2 Å². The number of amides is 1. The molecule has 10 heteroatoms. The van der Waals surface area contributed by atoms with E-state index in [1.54, 1.807) is 18.5 Å². The first-order valence-electron chi connectivity index (χ1n) is 8.77. The van der Waals surface area contributed by atoms with Gasteiger partial charge in [0, 0.05) is 71.8 Å². The topological polar surface area (TPSA) is 105 Å². The van der Waals surface area contributed by atoms with Crippen LogP contribution in [0.15, 0.2) is 34.1 Å². The summed E-state index contributed by atoms with van der Waals surface area (Å²) in [6, 6.07) is 2.97. The minimum atomic E-state index is -0.521. The van der Waals surface area contributed by atoms with E-state index in [0.717, 1.165) is 36.7 Å². The number of piperazine rings is 1. The van der Waals surface area contributed by atoms with Gasteiger partial charge in [-0.3, -0.25) is 23.6 Å². The number of hydrogen-bond donors (Lipinski definition) is 1. The fourth-order valence-corrected chi connectivity index (χ4v) is 2.99. The summed E-state index contributed by atoms with van der Waals surface area (Å²) >= 11 is 0. The minimum absolute atomic E-state index is 0.0640. The molecule has 3 heterocycles. The highest BCUT2D eigenvalue weighted by atomic mass is 16.2. The monoisotopic (exact) mass is 373 g/mol. The Morgan fingerprint density at radius 3 is 2.41 bits per heavy atom. The Balaban J connectivity index is 1.49. The van der Waals surface area contributed by atoms with Gasteiger partial charge in [-0.25, -0.2) is 14.8 Å². The first kappa shape index (κ1) is 18.8. The molecule has 0 saturated carbocycles. The van der Waals surface area contributed by atoms with Gasteiger partial charge >= 0.3 is 5.69 Å². The largest absolute Gasteiger partial charge is 0.349 e. The SMILES string of the molecule is Cn1c(C(=O)NCCN2CCN(c3ncccn3)CC2)cc(=O)n(C)c1=O. The van der Waals surface area contributed by atoms with Crippen molar-refractivity contribution in [2.75, 3.05) is 44.2 Å². The quantitative estimate of drug-likeness (QED) is 0.675. The van der Waals surface area contributed by atoms with Crippen molar-refractivity contribution < 1.29 is 4.79 Å². The molecular weight excluding hydrogens is 350 g/mol. The van der Waals surface area contributed by atoms with E-state index >= 15 is 0 Å². The molecule has 1 amide bonds. The Morgan fingerprint density at radius 1 is 1.07 bits per heavy atom. The zero-order valence-corrected chi connectivity index (χ0v) is 15.5.